The third-order valence-electron chi connectivity index (χ3n) is 3.38. The highest BCUT2D eigenvalue weighted by Crippen LogP contribution is 2.35. The Labute approximate surface area is 132 Å². The van der Waals surface area contributed by atoms with Gasteiger partial charge < -0.3 is 4.74 Å². The van der Waals surface area contributed by atoms with Crippen LogP contribution in [-0.2, 0) is 9.59 Å². The van der Waals surface area contributed by atoms with Gasteiger partial charge in [0.05, 0.1) is 10.2 Å². The van der Waals surface area contributed by atoms with Gasteiger partial charge >= 0.3 is 6.36 Å². The predicted molar refractivity (Wildman–Crippen MR) is 77.2 cm³/mol. The van der Waals surface area contributed by atoms with Crippen LogP contribution in [-0.4, -0.2) is 23.2 Å². The summed E-state index contributed by atoms with van der Waals surface area (Å²) >= 11 is 0.945. The Kier molecular flexibility index (Phi) is 3.40. The van der Waals surface area contributed by atoms with E-state index in [0.717, 1.165) is 22.3 Å². The molecule has 0 saturated carbocycles. The number of aromatic nitrogens is 1. The topological polar surface area (TPSA) is 59.5 Å². The maximum absolute atomic E-state index is 12.2. The van der Waals surface area contributed by atoms with Gasteiger partial charge in [0, 0.05) is 17.2 Å². The van der Waals surface area contributed by atoms with E-state index in [-0.39, 0.29) is 10.9 Å². The van der Waals surface area contributed by atoms with Crippen molar-refractivity contribution >= 4 is 38.5 Å². The number of fused-ring (bicyclic) bond motifs is 1. The van der Waals surface area contributed by atoms with Crippen molar-refractivity contribution < 1.29 is 27.5 Å². The van der Waals surface area contributed by atoms with Crippen molar-refractivity contribution in [3.05, 3.63) is 29.3 Å². The summed E-state index contributed by atoms with van der Waals surface area (Å²) in [5.41, 5.74) is 1.04. The van der Waals surface area contributed by atoms with Gasteiger partial charge in [-0.3, -0.25) is 9.59 Å². The number of alkyl halides is 3. The largest absolute Gasteiger partial charge is 0.573 e. The van der Waals surface area contributed by atoms with Crippen LogP contribution in [0.4, 0.5) is 18.3 Å². The van der Waals surface area contributed by atoms with Gasteiger partial charge in [-0.2, -0.15) is 0 Å². The van der Waals surface area contributed by atoms with Crippen LogP contribution in [0.1, 0.15) is 13.8 Å². The number of thiazole rings is 1. The molecule has 0 aliphatic carbocycles. The van der Waals surface area contributed by atoms with Crippen LogP contribution < -0.4 is 9.64 Å². The highest BCUT2D eigenvalue weighted by Gasteiger charge is 2.36. The smallest absolute Gasteiger partial charge is 0.406 e. The summed E-state index contributed by atoms with van der Waals surface area (Å²) in [5, 5.41) is 0.121. The van der Waals surface area contributed by atoms with Gasteiger partial charge in [0.25, 0.3) is 11.8 Å². The van der Waals surface area contributed by atoms with Gasteiger partial charge in [-0.05, 0) is 26.0 Å². The molecule has 23 heavy (non-hydrogen) atoms. The summed E-state index contributed by atoms with van der Waals surface area (Å²) in [6.45, 7) is 3.08. The van der Waals surface area contributed by atoms with Crippen molar-refractivity contribution in [2.75, 3.05) is 4.90 Å². The molecule has 5 nitrogen and oxygen atoms in total. The van der Waals surface area contributed by atoms with Crippen LogP contribution in [0, 0.1) is 0 Å². The second-order valence-electron chi connectivity index (χ2n) is 4.87. The number of hydrogen-bond donors (Lipinski definition) is 0. The first-order valence-corrected chi connectivity index (χ1v) is 7.21. The number of imide groups is 1. The molecular formula is C14H9F3N2O3S. The molecule has 1 aliphatic rings. The zero-order valence-electron chi connectivity index (χ0n) is 11.9. The van der Waals surface area contributed by atoms with E-state index in [4.69, 9.17) is 0 Å². The van der Waals surface area contributed by atoms with Crippen molar-refractivity contribution in [2.45, 2.75) is 20.2 Å². The second kappa shape index (κ2) is 5.05. The third kappa shape index (κ3) is 2.67. The average Bonchev–Trinajstić information content (AvgIpc) is 2.93. The third-order valence-corrected chi connectivity index (χ3v) is 4.39. The molecule has 0 N–H and O–H groups in total. The first-order chi connectivity index (χ1) is 10.7. The molecule has 0 atom stereocenters. The van der Waals surface area contributed by atoms with E-state index in [2.05, 4.69) is 9.72 Å². The lowest BCUT2D eigenvalue weighted by Crippen LogP contribution is -2.31. The first-order valence-electron chi connectivity index (χ1n) is 6.40. The summed E-state index contributed by atoms with van der Waals surface area (Å²) in [6.07, 6.45) is -4.79. The van der Waals surface area contributed by atoms with Crippen molar-refractivity contribution in [2.24, 2.45) is 0 Å². The molecule has 2 aromatic rings. The zero-order valence-corrected chi connectivity index (χ0v) is 12.7. The Balaban J connectivity index is 1.99. The fourth-order valence-electron chi connectivity index (χ4n) is 2.11. The van der Waals surface area contributed by atoms with Gasteiger partial charge in [0.1, 0.15) is 5.75 Å². The molecule has 0 radical (unpaired) electrons. The number of hydrogen-bond acceptors (Lipinski definition) is 5. The van der Waals surface area contributed by atoms with Gasteiger partial charge in [-0.25, -0.2) is 9.88 Å². The Bertz CT molecular complexity index is 846. The number of amides is 2. The molecule has 120 valence electrons. The quantitative estimate of drug-likeness (QED) is 0.785. The molecule has 0 unspecified atom stereocenters. The number of nitrogens with zero attached hydrogens (tertiary/aromatic N) is 2. The van der Waals surface area contributed by atoms with E-state index in [1.165, 1.54) is 26.0 Å². The van der Waals surface area contributed by atoms with E-state index in [0.29, 0.717) is 21.4 Å². The Morgan fingerprint density at radius 2 is 1.74 bits per heavy atom. The number of rotatable bonds is 2. The minimum atomic E-state index is -4.79. The molecule has 0 saturated heterocycles. The lowest BCUT2D eigenvalue weighted by atomic mass is 10.2. The SMILES string of the molecule is CC1=C(C)C(=O)N(c2nc3ccc(OC(F)(F)F)cc3s2)C1=O. The Morgan fingerprint density at radius 1 is 1.13 bits per heavy atom. The highest BCUT2D eigenvalue weighted by atomic mass is 32.1. The van der Waals surface area contributed by atoms with Crippen molar-refractivity contribution in [3.63, 3.8) is 0 Å². The number of benzene rings is 1. The van der Waals surface area contributed by atoms with Crippen LogP contribution in [0.5, 0.6) is 5.75 Å². The Morgan fingerprint density at radius 3 is 2.30 bits per heavy atom. The molecule has 1 aliphatic heterocycles. The fraction of sp³-hybridized carbons (Fsp3) is 0.214. The monoisotopic (exact) mass is 342 g/mol. The van der Waals surface area contributed by atoms with Gasteiger partial charge in [-0.1, -0.05) is 11.3 Å². The molecule has 0 spiro atoms. The van der Waals surface area contributed by atoms with Crippen molar-refractivity contribution in [1.29, 1.82) is 0 Å². The first kappa shape index (κ1) is 15.5. The molecule has 3 rings (SSSR count). The van der Waals surface area contributed by atoms with Gasteiger partial charge in [-0.15, -0.1) is 13.2 Å². The van der Waals surface area contributed by atoms with Gasteiger partial charge in [0.2, 0.25) is 5.13 Å². The number of carbonyl (C=O) groups is 2. The average molecular weight is 342 g/mol. The minimum Gasteiger partial charge on any atom is -0.406 e. The summed E-state index contributed by atoms with van der Waals surface area (Å²) in [5.74, 6) is -1.33. The lowest BCUT2D eigenvalue weighted by Gasteiger charge is -2.09. The standard InChI is InChI=1S/C14H9F3N2O3S/c1-6-7(2)12(21)19(11(6)20)13-18-9-4-3-8(5-10(9)23-13)22-14(15,16)17/h3-5H,1-2H3. The molecule has 2 amide bonds. The molecule has 2 heterocycles. The van der Waals surface area contributed by atoms with Crippen LogP contribution in [0.25, 0.3) is 10.2 Å². The van der Waals surface area contributed by atoms with Crippen LogP contribution in [0.2, 0.25) is 0 Å². The van der Waals surface area contributed by atoms with E-state index >= 15 is 0 Å². The van der Waals surface area contributed by atoms with E-state index in [1.54, 1.807) is 0 Å². The number of ether oxygens (including phenoxy) is 1. The fourth-order valence-corrected chi connectivity index (χ4v) is 3.10. The Hall–Kier alpha value is -2.42. The van der Waals surface area contributed by atoms with Crippen molar-refractivity contribution in [1.82, 2.24) is 4.98 Å². The lowest BCUT2D eigenvalue weighted by molar-refractivity contribution is -0.274. The second-order valence-corrected chi connectivity index (χ2v) is 5.88. The summed E-state index contributed by atoms with van der Waals surface area (Å²) < 4.78 is 41.0. The zero-order chi connectivity index (χ0) is 16.9. The molecule has 1 aromatic carbocycles. The summed E-state index contributed by atoms with van der Waals surface area (Å²) in [6, 6.07) is 3.64. The minimum absolute atomic E-state index is 0.121. The highest BCUT2D eigenvalue weighted by molar-refractivity contribution is 7.22. The maximum Gasteiger partial charge on any atom is 0.573 e. The molecular weight excluding hydrogens is 333 g/mol. The number of anilines is 1. The van der Waals surface area contributed by atoms with Crippen LogP contribution in [0.15, 0.2) is 29.3 Å². The molecule has 1 aromatic heterocycles. The van der Waals surface area contributed by atoms with E-state index in [1.807, 2.05) is 0 Å². The van der Waals surface area contributed by atoms with Crippen molar-refractivity contribution in [3.8, 4) is 5.75 Å². The van der Waals surface area contributed by atoms with Crippen LogP contribution >= 0.6 is 11.3 Å². The number of halogens is 3. The predicted octanol–water partition coefficient (Wildman–Crippen LogP) is 3.40. The maximum atomic E-state index is 12.2. The van der Waals surface area contributed by atoms with E-state index in [9.17, 15) is 22.8 Å². The van der Waals surface area contributed by atoms with Crippen LogP contribution in [0.3, 0.4) is 0 Å². The number of carbonyl (C=O) groups excluding carboxylic acids is 2. The summed E-state index contributed by atoms with van der Waals surface area (Å²) in [4.78, 5) is 29.3. The summed E-state index contributed by atoms with van der Waals surface area (Å²) in [7, 11) is 0. The molecule has 0 bridgehead atoms. The van der Waals surface area contributed by atoms with E-state index < -0.39 is 18.2 Å². The van der Waals surface area contributed by atoms with Gasteiger partial charge in [0.15, 0.2) is 0 Å². The molecule has 9 heteroatoms. The molecule has 0 fully saturated rings. The normalized spacial score (nSPS) is 16.0.